The van der Waals surface area contributed by atoms with Crippen molar-refractivity contribution in [2.24, 2.45) is 0 Å². The highest BCUT2D eigenvalue weighted by molar-refractivity contribution is 6.34. The lowest BCUT2D eigenvalue weighted by Gasteiger charge is -2.21. The fourth-order valence-electron chi connectivity index (χ4n) is 3.08. The molecule has 28 heavy (non-hydrogen) atoms. The van der Waals surface area contributed by atoms with Crippen molar-refractivity contribution in [2.45, 2.75) is 44.9 Å². The van der Waals surface area contributed by atoms with Gasteiger partial charge in [-0.15, -0.1) is 13.2 Å². The fourth-order valence-corrected chi connectivity index (χ4v) is 3.35. The van der Waals surface area contributed by atoms with Gasteiger partial charge in [0, 0.05) is 12.1 Å². The summed E-state index contributed by atoms with van der Waals surface area (Å²) < 4.78 is 45.4. The molecule has 2 heterocycles. The van der Waals surface area contributed by atoms with E-state index in [2.05, 4.69) is 25.7 Å². The van der Waals surface area contributed by atoms with Crippen molar-refractivity contribution in [3.8, 4) is 0 Å². The number of aliphatic hydroxyl groups is 1. The number of nitrogens with one attached hydrogen (secondary N) is 3. The van der Waals surface area contributed by atoms with Crippen LogP contribution in [0.15, 0.2) is 10.5 Å². The van der Waals surface area contributed by atoms with E-state index in [1.165, 1.54) is 0 Å². The van der Waals surface area contributed by atoms with Crippen LogP contribution in [0.1, 0.15) is 30.7 Å². The van der Waals surface area contributed by atoms with Crippen LogP contribution in [0.2, 0.25) is 5.02 Å². The Bertz CT molecular complexity index is 800. The van der Waals surface area contributed by atoms with Gasteiger partial charge in [-0.05, 0) is 31.9 Å². The van der Waals surface area contributed by atoms with E-state index in [1.54, 1.807) is 6.07 Å². The summed E-state index contributed by atoms with van der Waals surface area (Å²) in [6.07, 6.45) is -2.04. The number of ether oxygens (including phenoxy) is 1. The molecule has 3 rings (SSSR count). The maximum Gasteiger partial charge on any atom is 0.522 e. The third kappa shape index (κ3) is 5.71. The second-order valence-corrected chi connectivity index (χ2v) is 6.86. The van der Waals surface area contributed by atoms with Gasteiger partial charge >= 0.3 is 6.36 Å². The summed E-state index contributed by atoms with van der Waals surface area (Å²) in [6.45, 7) is 0.343. The van der Waals surface area contributed by atoms with Gasteiger partial charge in [0.05, 0.1) is 23.9 Å². The Morgan fingerprint density at radius 3 is 2.96 bits per heavy atom. The van der Waals surface area contributed by atoms with Crippen LogP contribution in [0, 0.1) is 0 Å². The van der Waals surface area contributed by atoms with E-state index < -0.39 is 19.3 Å². The Morgan fingerprint density at radius 2 is 2.18 bits per heavy atom. The van der Waals surface area contributed by atoms with Crippen LogP contribution >= 0.6 is 11.6 Å². The number of aromatic nitrogens is 1. The minimum atomic E-state index is -4.64. The summed E-state index contributed by atoms with van der Waals surface area (Å²) in [5.41, 5.74) is 2.53. The number of rotatable bonds is 5. The predicted octanol–water partition coefficient (Wildman–Crippen LogP) is 3.11. The summed E-state index contributed by atoms with van der Waals surface area (Å²) in [5.74, 6) is 0.335. The molecule has 1 unspecified atom stereocenters. The first-order chi connectivity index (χ1) is 13.3. The number of aryl methyl sites for hydroxylation is 1. The normalized spacial score (nSPS) is 18.7. The van der Waals surface area contributed by atoms with Gasteiger partial charge in [-0.2, -0.15) is 0 Å². The number of alkyl halides is 3. The highest BCUT2D eigenvalue weighted by Gasteiger charge is 2.28. The molecule has 0 bridgehead atoms. The molecule has 1 aliphatic heterocycles. The molecule has 0 spiro atoms. The molecule has 0 fully saturated rings. The first-order valence-electron chi connectivity index (χ1n) is 9.03. The van der Waals surface area contributed by atoms with E-state index in [0.717, 1.165) is 24.8 Å². The van der Waals surface area contributed by atoms with Crippen molar-refractivity contribution in [3.63, 3.8) is 0 Å². The summed E-state index contributed by atoms with van der Waals surface area (Å²) in [6, 6.07) is 1.64. The summed E-state index contributed by atoms with van der Waals surface area (Å²) >= 11 is 6.38. The molecular weight excluding hydrogens is 401 g/mol. The molecule has 156 valence electrons. The van der Waals surface area contributed by atoms with Crippen LogP contribution in [0.3, 0.4) is 0 Å². The van der Waals surface area contributed by atoms with Crippen molar-refractivity contribution >= 4 is 28.4 Å². The molecule has 7 nitrogen and oxygen atoms in total. The molecule has 1 aromatic heterocycles. The van der Waals surface area contributed by atoms with Crippen LogP contribution in [-0.4, -0.2) is 42.5 Å². The number of halogens is 4. The topological polar surface area (TPSA) is 91.6 Å². The second kappa shape index (κ2) is 9.27. The van der Waals surface area contributed by atoms with Gasteiger partial charge in [-0.3, -0.25) is 10.1 Å². The van der Waals surface area contributed by atoms with Crippen molar-refractivity contribution in [2.75, 3.05) is 25.0 Å². The smallest absolute Gasteiger partial charge is 0.439 e. The third-order valence-electron chi connectivity index (χ3n) is 4.32. The molecule has 1 aromatic carbocycles. The zero-order valence-electron chi connectivity index (χ0n) is 15.0. The maximum atomic E-state index is 12.0. The molecule has 0 amide bonds. The number of oxazole rings is 1. The predicted molar refractivity (Wildman–Crippen MR) is 97.9 cm³/mol. The first kappa shape index (κ1) is 21.1. The molecule has 11 heteroatoms. The third-order valence-corrected chi connectivity index (χ3v) is 4.62. The minimum Gasteiger partial charge on any atom is -0.439 e. The van der Waals surface area contributed by atoms with Gasteiger partial charge in [-0.25, -0.2) is 4.98 Å². The van der Waals surface area contributed by atoms with E-state index in [0.29, 0.717) is 40.7 Å². The van der Waals surface area contributed by atoms with Crippen molar-refractivity contribution in [1.82, 2.24) is 15.6 Å². The van der Waals surface area contributed by atoms with Gasteiger partial charge in [0.25, 0.3) is 0 Å². The summed E-state index contributed by atoms with van der Waals surface area (Å²) in [5, 5.41) is 19.2. The molecule has 1 atom stereocenters. The van der Waals surface area contributed by atoms with E-state index >= 15 is 0 Å². The number of anilines is 1. The van der Waals surface area contributed by atoms with Gasteiger partial charge in [0.15, 0.2) is 11.9 Å². The van der Waals surface area contributed by atoms with E-state index in [1.807, 2.05) is 0 Å². The Labute approximate surface area is 164 Å². The van der Waals surface area contributed by atoms with Gasteiger partial charge in [-0.1, -0.05) is 18.0 Å². The van der Waals surface area contributed by atoms with Gasteiger partial charge in [0.2, 0.25) is 5.89 Å². The average molecular weight is 423 g/mol. The fraction of sp³-hybridized carbons (Fsp3) is 0.588. The van der Waals surface area contributed by atoms with Crippen LogP contribution in [0.25, 0.3) is 11.1 Å². The van der Waals surface area contributed by atoms with Crippen LogP contribution in [-0.2, 0) is 17.7 Å². The monoisotopic (exact) mass is 422 g/mol. The zero-order valence-corrected chi connectivity index (χ0v) is 15.8. The number of hydrogen-bond acceptors (Lipinski definition) is 7. The van der Waals surface area contributed by atoms with Crippen LogP contribution in [0.4, 0.5) is 18.9 Å². The molecule has 0 saturated heterocycles. The van der Waals surface area contributed by atoms with Crippen LogP contribution in [0.5, 0.6) is 0 Å². The number of benzene rings is 1. The van der Waals surface area contributed by atoms with Crippen LogP contribution < -0.4 is 16.0 Å². The lowest BCUT2D eigenvalue weighted by atomic mass is 10.0. The standard InChI is InChI=1S/C17H22ClF3N4O3/c18-11-8-12-15(10-4-2-1-3-5-23-16(26)25-14(10)11)28-13(24-12)9-22-6-7-27-17(19,20)21/h8,16,22-23,25-26H,1-7,9H2. The molecule has 4 N–H and O–H groups in total. The second-order valence-electron chi connectivity index (χ2n) is 6.45. The molecule has 0 aliphatic carbocycles. The first-order valence-corrected chi connectivity index (χ1v) is 9.41. The Balaban J connectivity index is 1.75. The molecule has 1 aliphatic rings. The quantitative estimate of drug-likeness (QED) is 0.550. The van der Waals surface area contributed by atoms with Gasteiger partial charge in [0.1, 0.15) is 5.52 Å². The maximum absolute atomic E-state index is 12.0. The Kier molecular flexibility index (Phi) is 7.00. The highest BCUT2D eigenvalue weighted by atomic mass is 35.5. The summed E-state index contributed by atoms with van der Waals surface area (Å²) in [4.78, 5) is 4.36. The SMILES string of the molecule is OC1NCCCCCc2c(c(Cl)cc3nc(CNCCOC(F)(F)F)oc23)N1. The lowest BCUT2D eigenvalue weighted by molar-refractivity contribution is -0.323. The van der Waals surface area contributed by atoms with Gasteiger partial charge < -0.3 is 20.2 Å². The number of fused-ring (bicyclic) bond motifs is 3. The Hall–Kier alpha value is -1.59. The largest absolute Gasteiger partial charge is 0.522 e. The number of aliphatic hydroxyl groups excluding tert-OH is 1. The number of nitrogens with zero attached hydrogens (tertiary/aromatic N) is 1. The minimum absolute atomic E-state index is 0.00346. The van der Waals surface area contributed by atoms with E-state index in [-0.39, 0.29) is 13.1 Å². The van der Waals surface area contributed by atoms with E-state index in [4.69, 9.17) is 16.0 Å². The highest BCUT2D eigenvalue weighted by Crippen LogP contribution is 2.35. The molecule has 0 saturated carbocycles. The van der Waals surface area contributed by atoms with E-state index in [9.17, 15) is 18.3 Å². The average Bonchev–Trinajstić information content (AvgIpc) is 3.01. The zero-order chi connectivity index (χ0) is 20.1. The van der Waals surface area contributed by atoms with Crippen molar-refractivity contribution in [1.29, 1.82) is 0 Å². The van der Waals surface area contributed by atoms with Crippen molar-refractivity contribution in [3.05, 3.63) is 22.5 Å². The molecule has 0 radical (unpaired) electrons. The van der Waals surface area contributed by atoms with Crippen molar-refractivity contribution < 1.29 is 27.4 Å². The lowest BCUT2D eigenvalue weighted by Crippen LogP contribution is -2.37. The number of hydrogen-bond donors (Lipinski definition) is 4. The summed E-state index contributed by atoms with van der Waals surface area (Å²) in [7, 11) is 0. The molecular formula is C17H22ClF3N4O3. The Morgan fingerprint density at radius 1 is 1.36 bits per heavy atom. The molecule has 2 aromatic rings.